The molecule has 0 spiro atoms. The van der Waals surface area contributed by atoms with Gasteiger partial charge in [0.25, 0.3) is 0 Å². The van der Waals surface area contributed by atoms with Gasteiger partial charge >= 0.3 is 0 Å². The highest BCUT2D eigenvalue weighted by atomic mass is 16.1. The van der Waals surface area contributed by atoms with Crippen LogP contribution in [0, 0.1) is 5.41 Å². The molecule has 0 bridgehead atoms. The minimum Gasteiger partial charge on any atom is -0.297 e. The lowest BCUT2D eigenvalue weighted by molar-refractivity contribution is -0.127. The van der Waals surface area contributed by atoms with E-state index in [-0.39, 0.29) is 23.8 Å². The number of carbonyl (C=O) groups excluding carboxylic acids is 2. The van der Waals surface area contributed by atoms with Crippen LogP contribution in [0.3, 0.4) is 0 Å². The molecule has 0 atom stereocenters. The number of rotatable bonds is 3. The summed E-state index contributed by atoms with van der Waals surface area (Å²) in [5.41, 5.74) is -0.112. The Morgan fingerprint density at radius 1 is 1.40 bits per heavy atom. The highest BCUT2D eigenvalue weighted by Crippen LogP contribution is 2.15. The van der Waals surface area contributed by atoms with E-state index in [4.69, 9.17) is 0 Å². The van der Waals surface area contributed by atoms with Crippen LogP contribution >= 0.6 is 0 Å². The molecule has 0 radical (unpaired) electrons. The Hall–Kier alpha value is -1.52. The second-order valence-electron chi connectivity index (χ2n) is 4.53. The van der Waals surface area contributed by atoms with Crippen LogP contribution in [-0.4, -0.2) is 26.6 Å². The number of carbonyl (C=O) groups is 2. The molecule has 1 aromatic rings. The zero-order valence-corrected chi connectivity index (χ0v) is 9.44. The molecule has 5 nitrogen and oxygen atoms in total. The number of aromatic nitrogens is 3. The predicted octanol–water partition coefficient (Wildman–Crippen LogP) is 1.10. The Labute approximate surface area is 88.5 Å². The molecule has 82 valence electrons. The molecule has 1 aromatic heterocycles. The molecule has 0 aliphatic carbocycles. The number of Topliss-reactive ketones (excluding diaryl/α,β-unsaturated/α-hetero) is 2. The number of hydrogen-bond donors (Lipinski definition) is 0. The second kappa shape index (κ2) is 3.92. The maximum atomic E-state index is 11.6. The minimum absolute atomic E-state index is 0.0579. The average molecular weight is 209 g/mol. The van der Waals surface area contributed by atoms with Crippen LogP contribution in [0.25, 0.3) is 0 Å². The van der Waals surface area contributed by atoms with Gasteiger partial charge in [-0.2, -0.15) is 0 Å². The molecule has 0 unspecified atom stereocenters. The van der Waals surface area contributed by atoms with Gasteiger partial charge in [0.15, 0.2) is 11.6 Å². The third-order valence-electron chi connectivity index (χ3n) is 2.04. The monoisotopic (exact) mass is 209 g/mol. The Kier molecular flexibility index (Phi) is 3.02. The summed E-state index contributed by atoms with van der Waals surface area (Å²) < 4.78 is 1.39. The van der Waals surface area contributed by atoms with Crippen LogP contribution in [0.5, 0.6) is 0 Å². The molecule has 0 aromatic carbocycles. The van der Waals surface area contributed by atoms with Gasteiger partial charge in [-0.1, -0.05) is 26.0 Å². The van der Waals surface area contributed by atoms with Crippen LogP contribution in [0.15, 0.2) is 6.20 Å². The van der Waals surface area contributed by atoms with Crippen molar-refractivity contribution in [2.45, 2.75) is 34.2 Å². The molecule has 0 saturated carbocycles. The quantitative estimate of drug-likeness (QED) is 0.699. The van der Waals surface area contributed by atoms with E-state index in [0.717, 1.165) is 0 Å². The Balaban J connectivity index is 2.74. The molecule has 0 fully saturated rings. The van der Waals surface area contributed by atoms with E-state index in [9.17, 15) is 9.59 Å². The normalized spacial score (nSPS) is 11.5. The first-order valence-electron chi connectivity index (χ1n) is 4.75. The van der Waals surface area contributed by atoms with Crippen molar-refractivity contribution in [3.63, 3.8) is 0 Å². The fourth-order valence-corrected chi connectivity index (χ4v) is 0.921. The van der Waals surface area contributed by atoms with E-state index in [1.54, 1.807) is 0 Å². The van der Waals surface area contributed by atoms with Gasteiger partial charge < -0.3 is 0 Å². The fourth-order valence-electron chi connectivity index (χ4n) is 0.921. The minimum atomic E-state index is -0.400. The molecule has 1 rings (SSSR count). The van der Waals surface area contributed by atoms with Crippen LogP contribution in [0.4, 0.5) is 0 Å². The van der Waals surface area contributed by atoms with Crippen molar-refractivity contribution in [1.82, 2.24) is 15.0 Å². The fraction of sp³-hybridized carbons (Fsp3) is 0.600. The van der Waals surface area contributed by atoms with Crippen molar-refractivity contribution in [2.24, 2.45) is 5.41 Å². The molecule has 15 heavy (non-hydrogen) atoms. The lowest BCUT2D eigenvalue weighted by atomic mass is 9.91. The standard InChI is InChI=1S/C10H15N3O2/c1-7(14)8-5-13(12-11-8)6-9(15)10(2,3)4/h5H,6H2,1-4H3. The van der Waals surface area contributed by atoms with Gasteiger partial charge in [-0.15, -0.1) is 5.10 Å². The van der Waals surface area contributed by atoms with Crippen LogP contribution in [-0.2, 0) is 11.3 Å². The van der Waals surface area contributed by atoms with Gasteiger partial charge in [-0.05, 0) is 0 Å². The zero-order chi connectivity index (χ0) is 11.6. The summed E-state index contributed by atoms with van der Waals surface area (Å²) in [6.07, 6.45) is 1.49. The third-order valence-corrected chi connectivity index (χ3v) is 2.04. The molecule has 0 saturated heterocycles. The van der Waals surface area contributed by atoms with E-state index < -0.39 is 5.41 Å². The molecular formula is C10H15N3O2. The molecule has 1 heterocycles. The van der Waals surface area contributed by atoms with Gasteiger partial charge in [-0.25, -0.2) is 4.68 Å². The summed E-state index contributed by atoms with van der Waals surface area (Å²) in [4.78, 5) is 22.6. The SMILES string of the molecule is CC(=O)c1cn(CC(=O)C(C)(C)C)nn1. The molecule has 0 aliphatic rings. The highest BCUT2D eigenvalue weighted by molar-refractivity contribution is 5.91. The third kappa shape index (κ3) is 2.97. The number of ketones is 2. The van der Waals surface area contributed by atoms with Crippen molar-refractivity contribution in [3.8, 4) is 0 Å². The summed E-state index contributed by atoms with van der Waals surface area (Å²) in [6.45, 7) is 7.11. The summed E-state index contributed by atoms with van der Waals surface area (Å²) in [7, 11) is 0. The summed E-state index contributed by atoms with van der Waals surface area (Å²) >= 11 is 0. The first-order chi connectivity index (χ1) is 6.80. The van der Waals surface area contributed by atoms with Crippen molar-refractivity contribution in [1.29, 1.82) is 0 Å². The lowest BCUT2D eigenvalue weighted by Gasteiger charge is -2.15. The first-order valence-corrected chi connectivity index (χ1v) is 4.75. The first kappa shape index (κ1) is 11.6. The summed E-state index contributed by atoms with van der Waals surface area (Å²) in [5, 5.41) is 7.38. The maximum Gasteiger partial charge on any atom is 0.181 e. The van der Waals surface area contributed by atoms with E-state index in [2.05, 4.69) is 10.3 Å². The summed E-state index contributed by atoms with van der Waals surface area (Å²) in [6, 6.07) is 0. The largest absolute Gasteiger partial charge is 0.297 e. The van der Waals surface area contributed by atoms with Gasteiger partial charge in [0.05, 0.1) is 6.20 Å². The molecule has 0 N–H and O–H groups in total. The molecule has 0 aliphatic heterocycles. The van der Waals surface area contributed by atoms with Crippen LogP contribution in [0.1, 0.15) is 38.2 Å². The smallest absolute Gasteiger partial charge is 0.181 e. The van der Waals surface area contributed by atoms with E-state index >= 15 is 0 Å². The van der Waals surface area contributed by atoms with E-state index in [0.29, 0.717) is 0 Å². The zero-order valence-electron chi connectivity index (χ0n) is 9.44. The van der Waals surface area contributed by atoms with Crippen molar-refractivity contribution >= 4 is 11.6 Å². The lowest BCUT2D eigenvalue weighted by Crippen LogP contribution is -2.25. The highest BCUT2D eigenvalue weighted by Gasteiger charge is 2.21. The van der Waals surface area contributed by atoms with E-state index in [1.165, 1.54) is 17.8 Å². The average Bonchev–Trinajstić information content (AvgIpc) is 2.50. The Morgan fingerprint density at radius 2 is 2.00 bits per heavy atom. The maximum absolute atomic E-state index is 11.6. The number of nitrogens with zero attached hydrogens (tertiary/aromatic N) is 3. The Morgan fingerprint density at radius 3 is 2.40 bits per heavy atom. The summed E-state index contributed by atoms with van der Waals surface area (Å²) in [5.74, 6) is -0.0908. The topological polar surface area (TPSA) is 64.8 Å². The van der Waals surface area contributed by atoms with Crippen LogP contribution in [0.2, 0.25) is 0 Å². The van der Waals surface area contributed by atoms with Gasteiger partial charge in [0.1, 0.15) is 12.2 Å². The molecular weight excluding hydrogens is 194 g/mol. The van der Waals surface area contributed by atoms with Gasteiger partial charge in [0.2, 0.25) is 0 Å². The van der Waals surface area contributed by atoms with Crippen molar-refractivity contribution in [3.05, 3.63) is 11.9 Å². The van der Waals surface area contributed by atoms with Gasteiger partial charge in [0, 0.05) is 12.3 Å². The van der Waals surface area contributed by atoms with Crippen LogP contribution < -0.4 is 0 Å². The number of hydrogen-bond acceptors (Lipinski definition) is 4. The van der Waals surface area contributed by atoms with Gasteiger partial charge in [-0.3, -0.25) is 9.59 Å². The Bertz CT molecular complexity index is 388. The van der Waals surface area contributed by atoms with Crippen molar-refractivity contribution < 1.29 is 9.59 Å². The molecule has 0 amide bonds. The van der Waals surface area contributed by atoms with E-state index in [1.807, 2.05) is 20.8 Å². The second-order valence-corrected chi connectivity index (χ2v) is 4.53. The van der Waals surface area contributed by atoms with Crippen molar-refractivity contribution in [2.75, 3.05) is 0 Å². The predicted molar refractivity (Wildman–Crippen MR) is 54.5 cm³/mol. The molecule has 5 heteroatoms.